The summed E-state index contributed by atoms with van der Waals surface area (Å²) in [7, 11) is -3.87. The smallest absolute Gasteiger partial charge is 0.360 e. The van der Waals surface area contributed by atoms with Crippen molar-refractivity contribution in [2.24, 2.45) is 5.92 Å². The summed E-state index contributed by atoms with van der Waals surface area (Å²) in [6, 6.07) is 13.0. The van der Waals surface area contributed by atoms with Gasteiger partial charge in [0.2, 0.25) is 0 Å². The minimum absolute atomic E-state index is 0.00843. The Morgan fingerprint density at radius 1 is 1.19 bits per heavy atom. The molecular formula is C21H23ClN4O4S. The maximum atomic E-state index is 13.5. The van der Waals surface area contributed by atoms with E-state index in [9.17, 15) is 13.2 Å². The Balaban J connectivity index is 2.15. The summed E-state index contributed by atoms with van der Waals surface area (Å²) in [5.41, 5.74) is 0.743. The standard InChI is InChI=1S/C21H23ClN4O4S/c1-4-30-21(27)18-14-25(24-23-18)20-12-16(22)10-11-19(20)26(13-15(2)3)31(28,29)17-8-6-5-7-9-17/h5-12,14-15H,4,13H2,1-3H3. The van der Waals surface area contributed by atoms with Crippen LogP contribution in [-0.4, -0.2) is 42.5 Å². The third-order valence-electron chi connectivity index (χ3n) is 4.29. The number of aromatic nitrogens is 3. The van der Waals surface area contributed by atoms with Crippen molar-refractivity contribution in [2.45, 2.75) is 25.7 Å². The third-order valence-corrected chi connectivity index (χ3v) is 6.32. The summed E-state index contributed by atoms with van der Waals surface area (Å²) in [5, 5.41) is 8.23. The predicted octanol–water partition coefficient (Wildman–Crippen LogP) is 3.95. The minimum atomic E-state index is -3.87. The molecule has 2 aromatic carbocycles. The quantitative estimate of drug-likeness (QED) is 0.470. The molecule has 0 unspecified atom stereocenters. The molecule has 3 rings (SSSR count). The molecule has 0 saturated carbocycles. The van der Waals surface area contributed by atoms with Gasteiger partial charge in [-0.25, -0.2) is 17.9 Å². The monoisotopic (exact) mass is 462 g/mol. The van der Waals surface area contributed by atoms with Crippen LogP contribution < -0.4 is 4.31 Å². The van der Waals surface area contributed by atoms with E-state index in [1.165, 1.54) is 15.2 Å². The Bertz CT molecular complexity index is 1160. The zero-order valence-electron chi connectivity index (χ0n) is 17.4. The van der Waals surface area contributed by atoms with Gasteiger partial charge in [0.05, 0.1) is 29.1 Å². The molecule has 10 heteroatoms. The van der Waals surface area contributed by atoms with Gasteiger partial charge in [-0.2, -0.15) is 0 Å². The van der Waals surface area contributed by atoms with Crippen LogP contribution in [0.1, 0.15) is 31.3 Å². The first-order valence-corrected chi connectivity index (χ1v) is 11.5. The number of hydrogen-bond acceptors (Lipinski definition) is 6. The highest BCUT2D eigenvalue weighted by Crippen LogP contribution is 2.32. The van der Waals surface area contributed by atoms with Gasteiger partial charge in [0.1, 0.15) is 0 Å². The van der Waals surface area contributed by atoms with Crippen LogP contribution in [0.2, 0.25) is 5.02 Å². The molecule has 8 nitrogen and oxygen atoms in total. The number of anilines is 1. The fourth-order valence-electron chi connectivity index (χ4n) is 2.95. The zero-order chi connectivity index (χ0) is 22.6. The molecule has 31 heavy (non-hydrogen) atoms. The number of esters is 1. The average Bonchev–Trinajstić information content (AvgIpc) is 3.23. The number of carbonyl (C=O) groups excluding carboxylic acids is 1. The second-order valence-electron chi connectivity index (χ2n) is 7.14. The molecule has 164 valence electrons. The Labute approximate surface area is 186 Å². The van der Waals surface area contributed by atoms with Crippen molar-refractivity contribution in [1.82, 2.24) is 15.0 Å². The van der Waals surface area contributed by atoms with E-state index in [1.807, 2.05) is 13.8 Å². The normalized spacial score (nSPS) is 11.5. The summed E-state index contributed by atoms with van der Waals surface area (Å²) in [6.45, 7) is 5.97. The molecule has 0 aliphatic carbocycles. The number of halogens is 1. The van der Waals surface area contributed by atoms with E-state index in [-0.39, 0.29) is 29.7 Å². The lowest BCUT2D eigenvalue weighted by molar-refractivity contribution is 0.0519. The first kappa shape index (κ1) is 22.8. The number of rotatable bonds is 8. The topological polar surface area (TPSA) is 94.4 Å². The average molecular weight is 463 g/mol. The van der Waals surface area contributed by atoms with Gasteiger partial charge in [-0.05, 0) is 43.2 Å². The van der Waals surface area contributed by atoms with Gasteiger partial charge in [-0.1, -0.05) is 48.9 Å². The number of sulfonamides is 1. The number of nitrogens with zero attached hydrogens (tertiary/aromatic N) is 4. The summed E-state index contributed by atoms with van der Waals surface area (Å²) < 4.78 is 34.6. The van der Waals surface area contributed by atoms with Crippen molar-refractivity contribution >= 4 is 33.3 Å². The number of hydrogen-bond donors (Lipinski definition) is 0. The summed E-state index contributed by atoms with van der Waals surface area (Å²) in [5.74, 6) is -0.582. The molecule has 0 N–H and O–H groups in total. The van der Waals surface area contributed by atoms with Gasteiger partial charge in [-0.15, -0.1) is 5.10 Å². The molecule has 0 bridgehead atoms. The second kappa shape index (κ2) is 9.49. The molecule has 0 spiro atoms. The van der Waals surface area contributed by atoms with E-state index < -0.39 is 16.0 Å². The molecule has 1 aromatic heterocycles. The molecule has 0 amide bonds. The Morgan fingerprint density at radius 2 is 1.90 bits per heavy atom. The molecule has 0 saturated heterocycles. The molecule has 0 fully saturated rings. The van der Waals surface area contributed by atoms with E-state index in [4.69, 9.17) is 16.3 Å². The van der Waals surface area contributed by atoms with Crippen molar-refractivity contribution in [3.8, 4) is 5.69 Å². The zero-order valence-corrected chi connectivity index (χ0v) is 19.0. The second-order valence-corrected chi connectivity index (χ2v) is 9.44. The van der Waals surface area contributed by atoms with Crippen LogP contribution in [0.3, 0.4) is 0 Å². The highest BCUT2D eigenvalue weighted by atomic mass is 35.5. The largest absolute Gasteiger partial charge is 0.461 e. The third kappa shape index (κ3) is 5.05. The van der Waals surface area contributed by atoms with E-state index in [1.54, 1.807) is 55.5 Å². The molecular weight excluding hydrogens is 440 g/mol. The van der Waals surface area contributed by atoms with Crippen LogP contribution in [0.5, 0.6) is 0 Å². The van der Waals surface area contributed by atoms with Gasteiger partial charge >= 0.3 is 5.97 Å². The van der Waals surface area contributed by atoms with E-state index >= 15 is 0 Å². The van der Waals surface area contributed by atoms with Gasteiger partial charge in [0.25, 0.3) is 10.0 Å². The molecule has 3 aromatic rings. The Hall–Kier alpha value is -2.91. The molecule has 0 atom stereocenters. The molecule has 0 aliphatic rings. The maximum absolute atomic E-state index is 13.5. The van der Waals surface area contributed by atoms with Crippen LogP contribution in [0.25, 0.3) is 5.69 Å². The first-order chi connectivity index (χ1) is 14.7. The van der Waals surface area contributed by atoms with Crippen LogP contribution >= 0.6 is 11.6 Å². The van der Waals surface area contributed by atoms with Gasteiger partial charge in [0.15, 0.2) is 5.69 Å². The van der Waals surface area contributed by atoms with Crippen LogP contribution in [0, 0.1) is 5.92 Å². The fourth-order valence-corrected chi connectivity index (χ4v) is 4.78. The number of ether oxygens (including phenoxy) is 1. The Morgan fingerprint density at radius 3 is 2.55 bits per heavy atom. The molecule has 1 heterocycles. The van der Waals surface area contributed by atoms with Crippen LogP contribution in [0.4, 0.5) is 5.69 Å². The van der Waals surface area contributed by atoms with Gasteiger partial charge in [0, 0.05) is 11.6 Å². The van der Waals surface area contributed by atoms with Crippen molar-refractivity contribution in [3.63, 3.8) is 0 Å². The van der Waals surface area contributed by atoms with Gasteiger partial charge in [-0.3, -0.25) is 4.31 Å². The number of carbonyl (C=O) groups is 1. The van der Waals surface area contributed by atoms with Crippen molar-refractivity contribution in [2.75, 3.05) is 17.5 Å². The van der Waals surface area contributed by atoms with Crippen molar-refractivity contribution in [1.29, 1.82) is 0 Å². The maximum Gasteiger partial charge on any atom is 0.360 e. The van der Waals surface area contributed by atoms with E-state index in [2.05, 4.69) is 10.3 Å². The lowest BCUT2D eigenvalue weighted by atomic mass is 10.2. The van der Waals surface area contributed by atoms with Crippen molar-refractivity contribution in [3.05, 3.63) is 65.4 Å². The SMILES string of the molecule is CCOC(=O)c1cn(-c2cc(Cl)ccc2N(CC(C)C)S(=O)(=O)c2ccccc2)nn1. The number of benzene rings is 2. The predicted molar refractivity (Wildman–Crippen MR) is 118 cm³/mol. The summed E-state index contributed by atoms with van der Waals surface area (Å²) in [6.07, 6.45) is 1.38. The highest BCUT2D eigenvalue weighted by molar-refractivity contribution is 7.92. The van der Waals surface area contributed by atoms with Crippen molar-refractivity contribution < 1.29 is 17.9 Å². The molecule has 0 radical (unpaired) electrons. The summed E-state index contributed by atoms with van der Waals surface area (Å²) in [4.78, 5) is 12.2. The van der Waals surface area contributed by atoms with Crippen LogP contribution in [-0.2, 0) is 14.8 Å². The summed E-state index contributed by atoms with van der Waals surface area (Å²) >= 11 is 6.21. The lowest BCUT2D eigenvalue weighted by Crippen LogP contribution is -2.35. The molecule has 0 aliphatic heterocycles. The van der Waals surface area contributed by atoms with E-state index in [0.29, 0.717) is 16.4 Å². The lowest BCUT2D eigenvalue weighted by Gasteiger charge is -2.28. The Kier molecular flexibility index (Phi) is 6.97. The first-order valence-electron chi connectivity index (χ1n) is 9.71. The van der Waals surface area contributed by atoms with Gasteiger partial charge < -0.3 is 4.74 Å². The minimum Gasteiger partial charge on any atom is -0.461 e. The van der Waals surface area contributed by atoms with E-state index in [0.717, 1.165) is 0 Å². The fraction of sp³-hybridized carbons (Fsp3) is 0.286. The van der Waals surface area contributed by atoms with Crippen LogP contribution in [0.15, 0.2) is 59.6 Å². The highest BCUT2D eigenvalue weighted by Gasteiger charge is 2.28.